The Morgan fingerprint density at radius 2 is 1.90 bits per heavy atom. The molecule has 1 aliphatic rings. The summed E-state index contributed by atoms with van der Waals surface area (Å²) in [5.74, 6) is 1.42. The van der Waals surface area contributed by atoms with Crippen LogP contribution in [0.1, 0.15) is 33.1 Å². The fourth-order valence-corrected chi connectivity index (χ4v) is 2.80. The van der Waals surface area contributed by atoms with Gasteiger partial charge in [0.25, 0.3) is 0 Å². The molecular weight excluding hydrogens is 279 g/mol. The summed E-state index contributed by atoms with van der Waals surface area (Å²) in [6, 6.07) is 7.12. The minimum Gasteiger partial charge on any atom is -0.482 e. The average molecular weight is 301 g/mol. The predicted octanol–water partition coefficient (Wildman–Crippen LogP) is 4.86. The molecular formula is C16H22F3NO. The third-order valence-electron chi connectivity index (χ3n) is 4.08. The van der Waals surface area contributed by atoms with Crippen molar-refractivity contribution < 1.29 is 17.9 Å². The van der Waals surface area contributed by atoms with E-state index in [4.69, 9.17) is 4.74 Å². The molecule has 1 aromatic carbocycles. The number of hydrogen-bond donors (Lipinski definition) is 1. The van der Waals surface area contributed by atoms with E-state index in [1.165, 1.54) is 6.42 Å². The Balaban J connectivity index is 2.05. The van der Waals surface area contributed by atoms with E-state index in [9.17, 15) is 13.2 Å². The molecule has 0 aliphatic heterocycles. The van der Waals surface area contributed by atoms with Gasteiger partial charge in [-0.15, -0.1) is 0 Å². The van der Waals surface area contributed by atoms with Gasteiger partial charge in [0.05, 0.1) is 5.69 Å². The monoisotopic (exact) mass is 301 g/mol. The molecule has 21 heavy (non-hydrogen) atoms. The van der Waals surface area contributed by atoms with Gasteiger partial charge in [-0.25, -0.2) is 0 Å². The Hall–Kier alpha value is -1.39. The van der Waals surface area contributed by atoms with Gasteiger partial charge >= 0.3 is 6.18 Å². The molecule has 3 atom stereocenters. The van der Waals surface area contributed by atoms with Crippen molar-refractivity contribution in [3.8, 4) is 5.75 Å². The number of halogens is 3. The van der Waals surface area contributed by atoms with Crippen LogP contribution in [0, 0.1) is 11.8 Å². The highest BCUT2D eigenvalue weighted by molar-refractivity contribution is 5.56. The summed E-state index contributed by atoms with van der Waals surface area (Å²) in [5.41, 5.74) is 0.646. The zero-order valence-electron chi connectivity index (χ0n) is 12.4. The first kappa shape index (κ1) is 16.0. The molecule has 0 spiro atoms. The highest BCUT2D eigenvalue weighted by Crippen LogP contribution is 2.33. The highest BCUT2D eigenvalue weighted by Gasteiger charge is 2.29. The zero-order chi connectivity index (χ0) is 15.5. The van der Waals surface area contributed by atoms with Gasteiger partial charge in [-0.1, -0.05) is 32.4 Å². The number of ether oxygens (including phenoxy) is 1. The number of benzene rings is 1. The highest BCUT2D eigenvalue weighted by atomic mass is 19.4. The van der Waals surface area contributed by atoms with Crippen LogP contribution in [-0.4, -0.2) is 18.8 Å². The summed E-state index contributed by atoms with van der Waals surface area (Å²) in [6.45, 7) is 3.14. The van der Waals surface area contributed by atoms with Crippen molar-refractivity contribution in [1.82, 2.24) is 0 Å². The summed E-state index contributed by atoms with van der Waals surface area (Å²) < 4.78 is 41.8. The first-order valence-electron chi connectivity index (χ1n) is 7.40. The predicted molar refractivity (Wildman–Crippen MR) is 77.6 cm³/mol. The summed E-state index contributed by atoms with van der Waals surface area (Å²) in [4.78, 5) is 0. The van der Waals surface area contributed by atoms with Gasteiger partial charge in [-0.3, -0.25) is 0 Å². The molecule has 2 nitrogen and oxygen atoms in total. The Morgan fingerprint density at radius 1 is 1.19 bits per heavy atom. The number of hydrogen-bond acceptors (Lipinski definition) is 2. The lowest BCUT2D eigenvalue weighted by Gasteiger charge is -2.34. The van der Waals surface area contributed by atoms with Crippen LogP contribution in [0.25, 0.3) is 0 Å². The van der Waals surface area contributed by atoms with Crippen molar-refractivity contribution >= 4 is 5.69 Å². The van der Waals surface area contributed by atoms with Crippen molar-refractivity contribution in [3.63, 3.8) is 0 Å². The Kier molecular flexibility index (Phi) is 5.01. The quantitative estimate of drug-likeness (QED) is 0.857. The molecule has 0 bridgehead atoms. The summed E-state index contributed by atoms with van der Waals surface area (Å²) >= 11 is 0. The zero-order valence-corrected chi connectivity index (χ0v) is 12.4. The van der Waals surface area contributed by atoms with Crippen LogP contribution in [0.5, 0.6) is 5.75 Å². The molecule has 1 N–H and O–H groups in total. The molecule has 2 rings (SSSR count). The van der Waals surface area contributed by atoms with E-state index < -0.39 is 12.8 Å². The van der Waals surface area contributed by atoms with Gasteiger partial charge in [0.1, 0.15) is 5.75 Å². The Morgan fingerprint density at radius 3 is 2.62 bits per heavy atom. The molecule has 0 amide bonds. The van der Waals surface area contributed by atoms with Crippen molar-refractivity contribution in [2.75, 3.05) is 11.9 Å². The van der Waals surface area contributed by atoms with E-state index in [0.717, 1.165) is 12.8 Å². The lowest BCUT2D eigenvalue weighted by Crippen LogP contribution is -2.33. The minimum absolute atomic E-state index is 0.264. The maximum Gasteiger partial charge on any atom is 0.422 e. The number of anilines is 1. The first-order chi connectivity index (χ1) is 9.85. The standard InChI is InChI=1S/C16H22F3NO/c1-11-7-8-12(2)14(9-11)20-13-5-3-4-6-15(13)21-10-16(17,18)19/h3-6,11-12,14,20H,7-10H2,1-2H3. The van der Waals surface area contributed by atoms with Crippen molar-refractivity contribution in [2.24, 2.45) is 11.8 Å². The largest absolute Gasteiger partial charge is 0.482 e. The van der Waals surface area contributed by atoms with E-state index >= 15 is 0 Å². The number of rotatable bonds is 4. The topological polar surface area (TPSA) is 21.3 Å². The molecule has 1 aliphatic carbocycles. The van der Waals surface area contributed by atoms with Crippen LogP contribution >= 0.6 is 0 Å². The molecule has 118 valence electrons. The van der Waals surface area contributed by atoms with Crippen LogP contribution in [0.3, 0.4) is 0 Å². The van der Waals surface area contributed by atoms with Gasteiger partial charge in [-0.05, 0) is 36.8 Å². The lowest BCUT2D eigenvalue weighted by atomic mass is 9.80. The molecule has 0 saturated heterocycles. The molecule has 0 heterocycles. The number of alkyl halides is 3. The molecule has 1 aromatic rings. The van der Waals surface area contributed by atoms with Gasteiger partial charge in [-0.2, -0.15) is 13.2 Å². The van der Waals surface area contributed by atoms with Gasteiger partial charge < -0.3 is 10.1 Å². The summed E-state index contributed by atoms with van der Waals surface area (Å²) in [7, 11) is 0. The average Bonchev–Trinajstić information content (AvgIpc) is 2.41. The second-order valence-electron chi connectivity index (χ2n) is 6.05. The van der Waals surface area contributed by atoms with Crippen LogP contribution in [0.2, 0.25) is 0 Å². The van der Waals surface area contributed by atoms with Gasteiger partial charge in [0.2, 0.25) is 0 Å². The second kappa shape index (κ2) is 6.58. The van der Waals surface area contributed by atoms with Crippen molar-refractivity contribution in [1.29, 1.82) is 0 Å². The van der Waals surface area contributed by atoms with E-state index in [0.29, 0.717) is 17.5 Å². The van der Waals surface area contributed by atoms with Crippen LogP contribution in [-0.2, 0) is 0 Å². The van der Waals surface area contributed by atoms with Crippen LogP contribution in [0.4, 0.5) is 18.9 Å². The lowest BCUT2D eigenvalue weighted by molar-refractivity contribution is -0.153. The first-order valence-corrected chi connectivity index (χ1v) is 7.40. The van der Waals surface area contributed by atoms with Crippen molar-refractivity contribution in [3.05, 3.63) is 24.3 Å². The molecule has 1 fully saturated rings. The van der Waals surface area contributed by atoms with Crippen molar-refractivity contribution in [2.45, 2.75) is 45.3 Å². The van der Waals surface area contributed by atoms with E-state index in [2.05, 4.69) is 19.2 Å². The SMILES string of the molecule is CC1CCC(C)C(Nc2ccccc2OCC(F)(F)F)C1. The third kappa shape index (κ3) is 4.83. The fourth-order valence-electron chi connectivity index (χ4n) is 2.80. The van der Waals surface area contributed by atoms with E-state index in [1.807, 2.05) is 0 Å². The van der Waals surface area contributed by atoms with Crippen LogP contribution in [0.15, 0.2) is 24.3 Å². The molecule has 3 unspecified atom stereocenters. The molecule has 1 saturated carbocycles. The van der Waals surface area contributed by atoms with Crippen LogP contribution < -0.4 is 10.1 Å². The molecule has 0 aromatic heterocycles. The smallest absolute Gasteiger partial charge is 0.422 e. The minimum atomic E-state index is -4.32. The fraction of sp³-hybridized carbons (Fsp3) is 0.625. The van der Waals surface area contributed by atoms with E-state index in [-0.39, 0.29) is 11.8 Å². The molecule has 0 radical (unpaired) electrons. The second-order valence-corrected chi connectivity index (χ2v) is 6.05. The normalized spacial score (nSPS) is 26.4. The maximum atomic E-state index is 12.3. The van der Waals surface area contributed by atoms with Gasteiger partial charge in [0, 0.05) is 6.04 Å². The van der Waals surface area contributed by atoms with Gasteiger partial charge in [0.15, 0.2) is 6.61 Å². The Bertz CT molecular complexity index is 461. The Labute approximate surface area is 123 Å². The summed E-state index contributed by atoms with van der Waals surface area (Å²) in [6.07, 6.45) is -0.926. The summed E-state index contributed by atoms with van der Waals surface area (Å²) in [5, 5.41) is 3.37. The number of para-hydroxylation sites is 2. The van der Waals surface area contributed by atoms with E-state index in [1.54, 1.807) is 24.3 Å². The number of nitrogens with one attached hydrogen (secondary N) is 1. The third-order valence-corrected chi connectivity index (χ3v) is 4.08. The molecule has 5 heteroatoms. The maximum absolute atomic E-state index is 12.3.